The zero-order chi connectivity index (χ0) is 25.4. The number of halogens is 2. The van der Waals surface area contributed by atoms with Crippen molar-refractivity contribution in [3.05, 3.63) is 76.6 Å². The van der Waals surface area contributed by atoms with E-state index in [4.69, 9.17) is 27.9 Å². The van der Waals surface area contributed by atoms with Crippen LogP contribution >= 0.6 is 35.0 Å². The summed E-state index contributed by atoms with van der Waals surface area (Å²) in [6, 6.07) is 10.5. The molecule has 0 fully saturated rings. The molecule has 0 saturated carbocycles. The summed E-state index contributed by atoms with van der Waals surface area (Å²) in [7, 11) is 1.54. The van der Waals surface area contributed by atoms with Gasteiger partial charge in [-0.15, -0.1) is 16.8 Å². The molecular weight excluding hydrogens is 513 g/mol. The molecule has 2 aromatic carbocycles. The molecule has 0 aliphatic heterocycles. The van der Waals surface area contributed by atoms with Crippen molar-refractivity contribution < 1.29 is 19.4 Å². The number of anilines is 1. The monoisotopic (exact) mass is 535 g/mol. The Morgan fingerprint density at radius 3 is 2.60 bits per heavy atom. The number of allylic oxidation sites excluding steroid dienone is 1. The minimum atomic E-state index is -0.826. The molecule has 0 spiro atoms. The minimum absolute atomic E-state index is 0.0240. The number of aliphatic hydroxyl groups is 1. The Morgan fingerprint density at radius 2 is 1.97 bits per heavy atom. The van der Waals surface area contributed by atoms with Gasteiger partial charge in [0.1, 0.15) is 11.8 Å². The average Bonchev–Trinajstić information content (AvgIpc) is 3.25. The highest BCUT2D eigenvalue weighted by molar-refractivity contribution is 7.99. The minimum Gasteiger partial charge on any atom is -0.497 e. The van der Waals surface area contributed by atoms with E-state index in [9.17, 15) is 14.7 Å². The lowest BCUT2D eigenvalue weighted by Gasteiger charge is -2.17. The number of carbonyl (C=O) groups excluding carboxylic acids is 2. The first-order chi connectivity index (χ1) is 16.9. The molecule has 0 aliphatic rings. The van der Waals surface area contributed by atoms with Crippen molar-refractivity contribution in [3.8, 4) is 5.75 Å². The highest BCUT2D eigenvalue weighted by atomic mass is 35.5. The predicted molar refractivity (Wildman–Crippen MR) is 136 cm³/mol. The smallest absolute Gasteiger partial charge is 0.251 e. The van der Waals surface area contributed by atoms with E-state index in [-0.39, 0.29) is 11.7 Å². The third kappa shape index (κ3) is 6.98. The van der Waals surface area contributed by atoms with Crippen molar-refractivity contribution >= 4 is 52.5 Å². The summed E-state index contributed by atoms with van der Waals surface area (Å²) >= 11 is 13.1. The van der Waals surface area contributed by atoms with Gasteiger partial charge in [0.15, 0.2) is 11.0 Å². The van der Waals surface area contributed by atoms with Crippen LogP contribution in [0.2, 0.25) is 10.0 Å². The summed E-state index contributed by atoms with van der Waals surface area (Å²) in [6.07, 6.45) is 1.63. The fourth-order valence-electron chi connectivity index (χ4n) is 3.05. The molecule has 2 amide bonds. The predicted octanol–water partition coefficient (Wildman–Crippen LogP) is 3.97. The van der Waals surface area contributed by atoms with Gasteiger partial charge in [-0.05, 0) is 42.5 Å². The Morgan fingerprint density at radius 1 is 1.23 bits per heavy atom. The molecule has 3 N–H and O–H groups in total. The number of rotatable bonds is 11. The van der Waals surface area contributed by atoms with E-state index in [0.29, 0.717) is 44.6 Å². The van der Waals surface area contributed by atoms with Crippen molar-refractivity contribution in [1.82, 2.24) is 20.1 Å². The molecule has 9 nitrogen and oxygen atoms in total. The first-order valence-electron chi connectivity index (χ1n) is 10.3. The highest BCUT2D eigenvalue weighted by Gasteiger charge is 2.23. The van der Waals surface area contributed by atoms with Crippen LogP contribution in [0.3, 0.4) is 0 Å². The third-order valence-electron chi connectivity index (χ3n) is 4.75. The van der Waals surface area contributed by atoms with Gasteiger partial charge in [-0.25, -0.2) is 0 Å². The number of nitrogens with one attached hydrogen (secondary N) is 2. The van der Waals surface area contributed by atoms with Gasteiger partial charge < -0.3 is 25.0 Å². The number of carbonyl (C=O) groups is 2. The van der Waals surface area contributed by atoms with Gasteiger partial charge in [0.25, 0.3) is 5.91 Å². The first-order valence-corrected chi connectivity index (χ1v) is 12.1. The largest absolute Gasteiger partial charge is 0.497 e. The highest BCUT2D eigenvalue weighted by Crippen LogP contribution is 2.26. The molecule has 1 aromatic heterocycles. The van der Waals surface area contributed by atoms with Crippen molar-refractivity contribution in [1.29, 1.82) is 0 Å². The summed E-state index contributed by atoms with van der Waals surface area (Å²) in [5.74, 6) is 0.276. The topological polar surface area (TPSA) is 118 Å². The second kappa shape index (κ2) is 12.6. The van der Waals surface area contributed by atoms with Crippen LogP contribution in [0.25, 0.3) is 0 Å². The molecule has 1 heterocycles. The summed E-state index contributed by atoms with van der Waals surface area (Å²) in [5.41, 5.74) is 0.836. The van der Waals surface area contributed by atoms with Crippen molar-refractivity contribution in [3.63, 3.8) is 0 Å². The Kier molecular flexibility index (Phi) is 9.55. The molecule has 1 atom stereocenters. The normalized spacial score (nSPS) is 11.5. The molecule has 0 bridgehead atoms. The Labute approximate surface area is 216 Å². The molecule has 3 aromatic rings. The number of thioether (sulfide) groups is 1. The number of nitrogens with zero attached hydrogens (tertiary/aromatic N) is 3. The van der Waals surface area contributed by atoms with E-state index >= 15 is 0 Å². The van der Waals surface area contributed by atoms with Crippen LogP contribution in [0.5, 0.6) is 5.75 Å². The maximum absolute atomic E-state index is 12.7. The molecule has 35 heavy (non-hydrogen) atoms. The van der Waals surface area contributed by atoms with Crippen molar-refractivity contribution in [2.75, 3.05) is 24.8 Å². The van der Waals surface area contributed by atoms with Gasteiger partial charge in [0, 0.05) is 17.1 Å². The Hall–Kier alpha value is -3.05. The number of ether oxygens (including phenoxy) is 1. The zero-order valence-corrected chi connectivity index (χ0v) is 21.0. The number of methoxy groups -OCH3 is 1. The molecule has 12 heteroatoms. The van der Waals surface area contributed by atoms with Crippen LogP contribution in [-0.2, 0) is 11.3 Å². The quantitative estimate of drug-likeness (QED) is 0.251. The van der Waals surface area contributed by atoms with Crippen LogP contribution in [0.1, 0.15) is 22.2 Å². The maximum Gasteiger partial charge on any atom is 0.251 e. The number of aromatic nitrogens is 3. The van der Waals surface area contributed by atoms with Crippen LogP contribution < -0.4 is 15.4 Å². The Bertz CT molecular complexity index is 1200. The zero-order valence-electron chi connectivity index (χ0n) is 18.7. The molecule has 0 radical (unpaired) electrons. The van der Waals surface area contributed by atoms with Gasteiger partial charge in [0.05, 0.1) is 30.2 Å². The fourth-order valence-corrected chi connectivity index (χ4v) is 4.26. The lowest BCUT2D eigenvalue weighted by Crippen LogP contribution is -2.33. The van der Waals surface area contributed by atoms with Crippen LogP contribution in [0, 0.1) is 0 Å². The number of hydrogen-bond acceptors (Lipinski definition) is 7. The van der Waals surface area contributed by atoms with Crippen molar-refractivity contribution in [2.24, 2.45) is 0 Å². The maximum atomic E-state index is 12.7. The average molecular weight is 536 g/mol. The summed E-state index contributed by atoms with van der Waals surface area (Å²) < 4.78 is 6.78. The summed E-state index contributed by atoms with van der Waals surface area (Å²) in [6.45, 7) is 3.65. The van der Waals surface area contributed by atoms with E-state index in [2.05, 4.69) is 27.4 Å². The molecule has 184 valence electrons. The molecular formula is C23H23Cl2N5O4S. The first kappa shape index (κ1) is 26.6. The SMILES string of the molecule is C=CCn1c(SCC(=O)Nc2ccc(Cl)cc2Cl)nnc1[C@@H](CO)NC(=O)c1ccc(OC)cc1. The van der Waals surface area contributed by atoms with Gasteiger partial charge in [-0.1, -0.05) is 41.0 Å². The molecule has 3 rings (SSSR count). The summed E-state index contributed by atoms with van der Waals surface area (Å²) in [4.78, 5) is 25.1. The fraction of sp³-hybridized carbons (Fsp3) is 0.217. The number of hydrogen-bond donors (Lipinski definition) is 3. The third-order valence-corrected chi connectivity index (χ3v) is 6.26. The van der Waals surface area contributed by atoms with Crippen molar-refractivity contribution in [2.45, 2.75) is 17.7 Å². The number of amides is 2. The van der Waals surface area contributed by atoms with Gasteiger partial charge >= 0.3 is 0 Å². The van der Waals surface area contributed by atoms with Crippen LogP contribution in [-0.4, -0.2) is 51.2 Å². The van der Waals surface area contributed by atoms with Crippen LogP contribution in [0.4, 0.5) is 5.69 Å². The van der Waals surface area contributed by atoms with E-state index in [1.54, 1.807) is 47.0 Å². The Balaban J connectivity index is 1.70. The second-order valence-electron chi connectivity index (χ2n) is 7.14. The van der Waals surface area contributed by atoms with Gasteiger partial charge in [-0.3, -0.25) is 9.59 Å². The van der Waals surface area contributed by atoms with E-state index < -0.39 is 18.6 Å². The molecule has 0 unspecified atom stereocenters. The number of aliphatic hydroxyl groups excluding tert-OH is 1. The van der Waals surface area contributed by atoms with Gasteiger partial charge in [0.2, 0.25) is 5.91 Å². The lowest BCUT2D eigenvalue weighted by atomic mass is 10.2. The lowest BCUT2D eigenvalue weighted by molar-refractivity contribution is -0.113. The van der Waals surface area contributed by atoms with Gasteiger partial charge in [-0.2, -0.15) is 0 Å². The summed E-state index contributed by atoms with van der Waals surface area (Å²) in [5, 5.41) is 24.9. The second-order valence-corrected chi connectivity index (χ2v) is 8.92. The standard InChI is InChI=1S/C23H23Cl2N5O4S/c1-3-10-30-21(19(12-31)27-22(33)14-4-7-16(34-2)8-5-14)28-29-23(30)35-13-20(32)26-18-9-6-15(24)11-17(18)25/h3-9,11,19,31H,1,10,12-13H2,2H3,(H,26,32)(H,27,33)/t19-/m1/s1. The molecule has 0 saturated heterocycles. The number of benzene rings is 2. The van der Waals surface area contributed by atoms with E-state index in [0.717, 1.165) is 11.8 Å². The van der Waals surface area contributed by atoms with E-state index in [1.807, 2.05) is 0 Å². The van der Waals surface area contributed by atoms with E-state index in [1.165, 1.54) is 13.2 Å². The van der Waals surface area contributed by atoms with Crippen LogP contribution in [0.15, 0.2) is 60.3 Å². The molecule has 0 aliphatic carbocycles.